The van der Waals surface area contributed by atoms with E-state index in [0.29, 0.717) is 24.3 Å². The molecule has 0 fully saturated rings. The van der Waals surface area contributed by atoms with Crippen molar-refractivity contribution in [3.63, 3.8) is 0 Å². The topological polar surface area (TPSA) is 72.1 Å². The van der Waals surface area contributed by atoms with Crippen molar-refractivity contribution in [3.8, 4) is 11.5 Å². The molecule has 0 bridgehead atoms. The zero-order valence-electron chi connectivity index (χ0n) is 14.6. The summed E-state index contributed by atoms with van der Waals surface area (Å²) < 4.78 is 10.5. The number of guanidine groups is 1. The molecule has 0 aliphatic rings. The highest BCUT2D eigenvalue weighted by Crippen LogP contribution is 2.28. The number of anilines is 1. The Balaban J connectivity index is 0.00000484. The van der Waals surface area contributed by atoms with Crippen LogP contribution in [0.5, 0.6) is 11.5 Å². The molecule has 132 valence electrons. The SMILES string of the molecule is CCN(CCN=C(N)Nc1cc(OC)ccc1OC)C(C)C.I. The molecule has 1 rings (SSSR count). The standard InChI is InChI=1S/C16H28N4O2.HI/c1-6-20(12(2)3)10-9-18-16(17)19-14-11-13(21-4)7-8-15(14)22-5;/h7-8,11-12H,6,9-10H2,1-5H3,(H3,17,18,19);1H. The second kappa shape index (κ2) is 11.3. The summed E-state index contributed by atoms with van der Waals surface area (Å²) in [6.45, 7) is 9.03. The van der Waals surface area contributed by atoms with Gasteiger partial charge in [-0.05, 0) is 32.5 Å². The van der Waals surface area contributed by atoms with Crippen molar-refractivity contribution in [2.45, 2.75) is 26.8 Å². The molecule has 0 unspecified atom stereocenters. The van der Waals surface area contributed by atoms with E-state index in [1.54, 1.807) is 14.2 Å². The Morgan fingerprint density at radius 1 is 1.30 bits per heavy atom. The number of hydrogen-bond acceptors (Lipinski definition) is 4. The lowest BCUT2D eigenvalue weighted by atomic mass is 10.2. The molecule has 0 saturated heterocycles. The lowest BCUT2D eigenvalue weighted by molar-refractivity contribution is 0.241. The van der Waals surface area contributed by atoms with E-state index in [9.17, 15) is 0 Å². The predicted octanol–water partition coefficient (Wildman–Crippen LogP) is 2.78. The first kappa shape index (κ1) is 21.8. The van der Waals surface area contributed by atoms with E-state index in [2.05, 4.69) is 36.0 Å². The van der Waals surface area contributed by atoms with E-state index in [0.717, 1.165) is 24.5 Å². The number of ether oxygens (including phenoxy) is 2. The molecular weight excluding hydrogens is 407 g/mol. The van der Waals surface area contributed by atoms with Crippen molar-refractivity contribution in [1.82, 2.24) is 4.90 Å². The van der Waals surface area contributed by atoms with Gasteiger partial charge < -0.3 is 20.5 Å². The van der Waals surface area contributed by atoms with E-state index in [-0.39, 0.29) is 24.0 Å². The minimum Gasteiger partial charge on any atom is -0.497 e. The summed E-state index contributed by atoms with van der Waals surface area (Å²) >= 11 is 0. The molecule has 0 amide bonds. The van der Waals surface area contributed by atoms with E-state index in [4.69, 9.17) is 15.2 Å². The third kappa shape index (κ3) is 7.26. The van der Waals surface area contributed by atoms with Gasteiger partial charge in [-0.3, -0.25) is 9.89 Å². The predicted molar refractivity (Wildman–Crippen MR) is 107 cm³/mol. The van der Waals surface area contributed by atoms with Crippen LogP contribution in [0.25, 0.3) is 0 Å². The third-order valence-electron chi connectivity index (χ3n) is 3.48. The van der Waals surface area contributed by atoms with Gasteiger partial charge in [0.15, 0.2) is 5.96 Å². The fourth-order valence-corrected chi connectivity index (χ4v) is 2.17. The van der Waals surface area contributed by atoms with Gasteiger partial charge in [0, 0.05) is 18.7 Å². The first-order valence-electron chi connectivity index (χ1n) is 7.54. The number of methoxy groups -OCH3 is 2. The first-order chi connectivity index (χ1) is 10.5. The molecule has 0 heterocycles. The van der Waals surface area contributed by atoms with Crippen LogP contribution in [-0.2, 0) is 0 Å². The van der Waals surface area contributed by atoms with E-state index < -0.39 is 0 Å². The van der Waals surface area contributed by atoms with E-state index >= 15 is 0 Å². The molecule has 0 aromatic heterocycles. The minimum atomic E-state index is 0. The van der Waals surface area contributed by atoms with Crippen LogP contribution < -0.4 is 20.5 Å². The third-order valence-corrected chi connectivity index (χ3v) is 3.48. The monoisotopic (exact) mass is 436 g/mol. The van der Waals surface area contributed by atoms with Crippen molar-refractivity contribution in [3.05, 3.63) is 18.2 Å². The van der Waals surface area contributed by atoms with Gasteiger partial charge in [-0.1, -0.05) is 6.92 Å². The zero-order valence-corrected chi connectivity index (χ0v) is 17.0. The van der Waals surface area contributed by atoms with Crippen LogP contribution in [0.3, 0.4) is 0 Å². The molecule has 0 atom stereocenters. The number of halogens is 1. The highest BCUT2D eigenvalue weighted by atomic mass is 127. The Morgan fingerprint density at radius 3 is 2.52 bits per heavy atom. The highest BCUT2D eigenvalue weighted by Gasteiger charge is 2.07. The summed E-state index contributed by atoms with van der Waals surface area (Å²) in [5.41, 5.74) is 6.68. The van der Waals surface area contributed by atoms with Crippen LogP contribution in [-0.4, -0.2) is 50.8 Å². The smallest absolute Gasteiger partial charge is 0.193 e. The molecule has 0 aliphatic carbocycles. The molecule has 0 aliphatic heterocycles. The van der Waals surface area contributed by atoms with Crippen LogP contribution >= 0.6 is 24.0 Å². The van der Waals surface area contributed by atoms with Crippen molar-refractivity contribution >= 4 is 35.6 Å². The van der Waals surface area contributed by atoms with Gasteiger partial charge >= 0.3 is 0 Å². The van der Waals surface area contributed by atoms with Gasteiger partial charge in [0.05, 0.1) is 26.5 Å². The van der Waals surface area contributed by atoms with Crippen LogP contribution in [0, 0.1) is 0 Å². The maximum atomic E-state index is 5.95. The number of benzene rings is 1. The lowest BCUT2D eigenvalue weighted by Crippen LogP contribution is -2.33. The van der Waals surface area contributed by atoms with Crippen molar-refractivity contribution in [2.75, 3.05) is 39.2 Å². The number of nitrogens with zero attached hydrogens (tertiary/aromatic N) is 2. The molecular formula is C16H29IN4O2. The largest absolute Gasteiger partial charge is 0.497 e. The van der Waals surface area contributed by atoms with Crippen LogP contribution in [0.1, 0.15) is 20.8 Å². The molecule has 7 heteroatoms. The summed E-state index contributed by atoms with van der Waals surface area (Å²) in [6.07, 6.45) is 0. The van der Waals surface area contributed by atoms with Crippen LogP contribution in [0.2, 0.25) is 0 Å². The summed E-state index contributed by atoms with van der Waals surface area (Å²) in [6, 6.07) is 5.99. The molecule has 3 N–H and O–H groups in total. The van der Waals surface area contributed by atoms with Gasteiger partial charge in [-0.25, -0.2) is 0 Å². The number of aliphatic imine (C=N–C) groups is 1. The van der Waals surface area contributed by atoms with Gasteiger partial charge in [-0.2, -0.15) is 0 Å². The molecule has 0 spiro atoms. The van der Waals surface area contributed by atoms with Gasteiger partial charge in [0.1, 0.15) is 11.5 Å². The molecule has 0 radical (unpaired) electrons. The summed E-state index contributed by atoms with van der Waals surface area (Å²) in [7, 11) is 3.23. The number of likely N-dealkylation sites (N-methyl/N-ethyl adjacent to an activating group) is 1. The van der Waals surface area contributed by atoms with Crippen LogP contribution in [0.15, 0.2) is 23.2 Å². The van der Waals surface area contributed by atoms with E-state index in [1.165, 1.54) is 0 Å². The molecule has 23 heavy (non-hydrogen) atoms. The van der Waals surface area contributed by atoms with Gasteiger partial charge in [0.2, 0.25) is 0 Å². The van der Waals surface area contributed by atoms with Crippen molar-refractivity contribution in [2.24, 2.45) is 10.7 Å². The maximum absolute atomic E-state index is 5.95. The van der Waals surface area contributed by atoms with Gasteiger partial charge in [0.25, 0.3) is 0 Å². The van der Waals surface area contributed by atoms with Gasteiger partial charge in [-0.15, -0.1) is 24.0 Å². The Bertz CT molecular complexity index is 495. The Hall–Kier alpha value is -1.22. The van der Waals surface area contributed by atoms with E-state index in [1.807, 2.05) is 18.2 Å². The van der Waals surface area contributed by atoms with Crippen molar-refractivity contribution < 1.29 is 9.47 Å². The minimum absolute atomic E-state index is 0. The number of rotatable bonds is 8. The number of nitrogens with two attached hydrogens (primary N) is 1. The second-order valence-electron chi connectivity index (χ2n) is 5.18. The molecule has 1 aromatic rings. The zero-order chi connectivity index (χ0) is 16.5. The number of nitrogens with one attached hydrogen (secondary N) is 1. The molecule has 1 aromatic carbocycles. The highest BCUT2D eigenvalue weighted by molar-refractivity contribution is 14.0. The average Bonchev–Trinajstić information content (AvgIpc) is 2.51. The summed E-state index contributed by atoms with van der Waals surface area (Å²) in [5, 5.41) is 3.06. The molecule has 0 saturated carbocycles. The Labute approximate surface area is 156 Å². The first-order valence-corrected chi connectivity index (χ1v) is 7.54. The Kier molecular flexibility index (Phi) is 10.7. The summed E-state index contributed by atoms with van der Waals surface area (Å²) in [4.78, 5) is 6.70. The maximum Gasteiger partial charge on any atom is 0.193 e. The molecule has 6 nitrogen and oxygen atoms in total. The number of hydrogen-bond donors (Lipinski definition) is 2. The fraction of sp³-hybridized carbons (Fsp3) is 0.562. The second-order valence-corrected chi connectivity index (χ2v) is 5.18. The van der Waals surface area contributed by atoms with Crippen LogP contribution in [0.4, 0.5) is 5.69 Å². The lowest BCUT2D eigenvalue weighted by Gasteiger charge is -2.23. The Morgan fingerprint density at radius 2 is 2.00 bits per heavy atom. The average molecular weight is 436 g/mol. The quantitative estimate of drug-likeness (QED) is 0.373. The fourth-order valence-electron chi connectivity index (χ4n) is 2.17. The normalized spacial score (nSPS) is 11.3. The van der Waals surface area contributed by atoms with Crippen molar-refractivity contribution in [1.29, 1.82) is 0 Å². The summed E-state index contributed by atoms with van der Waals surface area (Å²) in [5.74, 6) is 1.79.